The molecule has 228 valence electrons. The molecule has 0 spiro atoms. The zero-order valence-electron chi connectivity index (χ0n) is 24.9. The van der Waals surface area contributed by atoms with Crippen molar-refractivity contribution in [1.82, 2.24) is 10.2 Å². The normalized spacial score (nSPS) is 18.8. The lowest BCUT2D eigenvalue weighted by atomic mass is 9.81. The molecule has 44 heavy (non-hydrogen) atoms. The average molecular weight is 597 g/mol. The van der Waals surface area contributed by atoms with Crippen molar-refractivity contribution in [2.75, 3.05) is 13.1 Å². The van der Waals surface area contributed by atoms with Crippen molar-refractivity contribution in [3.8, 4) is 0 Å². The van der Waals surface area contributed by atoms with Gasteiger partial charge in [0.1, 0.15) is 11.9 Å². The zero-order valence-corrected chi connectivity index (χ0v) is 24.9. The molecule has 2 aliphatic rings. The molecule has 10 nitrogen and oxygen atoms in total. The van der Waals surface area contributed by atoms with E-state index in [9.17, 15) is 19.7 Å². The second kappa shape index (κ2) is 13.1. The number of allylic oxidation sites excluding steroid dienone is 1. The molecule has 1 saturated heterocycles. The molecule has 0 saturated carbocycles. The van der Waals surface area contributed by atoms with Crippen LogP contribution in [0.1, 0.15) is 55.8 Å². The van der Waals surface area contributed by atoms with Crippen molar-refractivity contribution in [3.05, 3.63) is 134 Å². The maximum Gasteiger partial charge on any atom is 0.338 e. The predicted octanol–water partition coefficient (Wildman–Crippen LogP) is 5.08. The van der Waals surface area contributed by atoms with E-state index in [4.69, 9.17) is 15.2 Å². The molecule has 3 N–H and O–H groups in total. The number of nitrogens with one attached hydrogen (secondary N) is 1. The molecule has 3 aromatic rings. The first-order chi connectivity index (χ1) is 21.1. The molecule has 5 rings (SSSR count). The number of carbonyl (C=O) groups excluding carboxylic acids is 2. The molecule has 3 aromatic carbocycles. The minimum Gasteiger partial charge on any atom is -0.459 e. The lowest BCUT2D eigenvalue weighted by Gasteiger charge is -2.31. The number of dihydropyridines is 1. The first-order valence-corrected chi connectivity index (χ1v) is 14.6. The van der Waals surface area contributed by atoms with E-state index < -0.39 is 35.0 Å². The molecule has 2 heterocycles. The summed E-state index contributed by atoms with van der Waals surface area (Å²) in [7, 11) is 0. The van der Waals surface area contributed by atoms with Crippen LogP contribution in [0.2, 0.25) is 0 Å². The Balaban J connectivity index is 1.44. The number of benzene rings is 3. The summed E-state index contributed by atoms with van der Waals surface area (Å²) in [6.07, 6.45) is -0.260. The van der Waals surface area contributed by atoms with Crippen molar-refractivity contribution in [2.24, 2.45) is 5.73 Å². The topological polar surface area (TPSA) is 137 Å². The number of esters is 2. The fraction of sp³-hybridized carbons (Fsp3) is 0.294. The van der Waals surface area contributed by atoms with Crippen molar-refractivity contribution in [1.29, 1.82) is 0 Å². The molecular formula is C34H36N4O6. The van der Waals surface area contributed by atoms with Gasteiger partial charge in [0.25, 0.3) is 5.69 Å². The maximum absolute atomic E-state index is 14.0. The van der Waals surface area contributed by atoms with E-state index in [1.165, 1.54) is 18.2 Å². The van der Waals surface area contributed by atoms with E-state index in [2.05, 4.69) is 34.5 Å². The number of nitrogens with two attached hydrogens (primary N) is 1. The number of non-ortho nitro benzene ring substituents is 1. The van der Waals surface area contributed by atoms with Crippen molar-refractivity contribution < 1.29 is 24.0 Å². The third-order valence-electron chi connectivity index (χ3n) is 7.84. The molecule has 0 aliphatic carbocycles. The van der Waals surface area contributed by atoms with E-state index in [1.54, 1.807) is 26.8 Å². The van der Waals surface area contributed by atoms with E-state index in [0.29, 0.717) is 30.8 Å². The molecule has 0 radical (unpaired) electrons. The van der Waals surface area contributed by atoms with Crippen LogP contribution in [0, 0.1) is 10.1 Å². The molecule has 0 bridgehead atoms. The summed E-state index contributed by atoms with van der Waals surface area (Å²) in [6.45, 7) is 6.28. The van der Waals surface area contributed by atoms with Crippen molar-refractivity contribution >= 4 is 17.6 Å². The Hall–Kier alpha value is -4.96. The monoisotopic (exact) mass is 596 g/mol. The summed E-state index contributed by atoms with van der Waals surface area (Å²) in [5.74, 6) is -2.37. The Morgan fingerprint density at radius 3 is 2.18 bits per heavy atom. The molecule has 10 heteroatoms. The SMILES string of the molecule is CC1=C(C(=O)OC2CCN(C(c3ccccc3)c3ccccc3)C2)C(c2cccc([N+](=O)[O-])c2)C(C(=O)OC(C)C)=C(N)N1. The molecule has 2 unspecified atom stereocenters. The van der Waals surface area contributed by atoms with E-state index in [1.807, 2.05) is 36.4 Å². The van der Waals surface area contributed by atoms with E-state index >= 15 is 0 Å². The Kier molecular flexibility index (Phi) is 9.10. The summed E-state index contributed by atoms with van der Waals surface area (Å²) in [4.78, 5) is 40.7. The number of carbonyl (C=O) groups is 2. The van der Waals surface area contributed by atoms with Crippen LogP contribution >= 0.6 is 0 Å². The molecule has 1 fully saturated rings. The van der Waals surface area contributed by atoms with Gasteiger partial charge in [0.2, 0.25) is 0 Å². The second-order valence-corrected chi connectivity index (χ2v) is 11.3. The third-order valence-corrected chi connectivity index (χ3v) is 7.84. The van der Waals surface area contributed by atoms with Crippen LogP contribution in [0.25, 0.3) is 0 Å². The number of nitro groups is 1. The number of nitrogens with zero attached hydrogens (tertiary/aromatic N) is 2. The number of rotatable bonds is 9. The summed E-state index contributed by atoms with van der Waals surface area (Å²) in [5.41, 5.74) is 9.30. The van der Waals surface area contributed by atoms with Gasteiger partial charge in [-0.15, -0.1) is 0 Å². The van der Waals surface area contributed by atoms with Gasteiger partial charge >= 0.3 is 11.9 Å². The summed E-state index contributed by atoms with van der Waals surface area (Å²) in [6, 6.07) is 26.2. The highest BCUT2D eigenvalue weighted by Crippen LogP contribution is 2.40. The summed E-state index contributed by atoms with van der Waals surface area (Å²) < 4.78 is 11.6. The summed E-state index contributed by atoms with van der Waals surface area (Å²) >= 11 is 0. The van der Waals surface area contributed by atoms with Gasteiger partial charge < -0.3 is 20.5 Å². The first kappa shape index (κ1) is 30.5. The first-order valence-electron chi connectivity index (χ1n) is 14.6. The highest BCUT2D eigenvalue weighted by Gasteiger charge is 2.41. The molecule has 0 amide bonds. The molecule has 2 atom stereocenters. The van der Waals surface area contributed by atoms with Gasteiger partial charge in [-0.1, -0.05) is 72.8 Å². The van der Waals surface area contributed by atoms with Crippen LogP contribution in [0.3, 0.4) is 0 Å². The number of ether oxygens (including phenoxy) is 2. The summed E-state index contributed by atoms with van der Waals surface area (Å²) in [5, 5.41) is 14.6. The van der Waals surface area contributed by atoms with E-state index in [0.717, 1.165) is 11.1 Å². The smallest absolute Gasteiger partial charge is 0.338 e. The Morgan fingerprint density at radius 1 is 0.955 bits per heavy atom. The van der Waals surface area contributed by atoms with Crippen LogP contribution in [0.5, 0.6) is 0 Å². The highest BCUT2D eigenvalue weighted by atomic mass is 16.6. The van der Waals surface area contributed by atoms with E-state index in [-0.39, 0.29) is 28.7 Å². The predicted molar refractivity (Wildman–Crippen MR) is 165 cm³/mol. The van der Waals surface area contributed by atoms with Gasteiger partial charge in [-0.05, 0) is 43.9 Å². The van der Waals surface area contributed by atoms with Gasteiger partial charge in [0.15, 0.2) is 0 Å². The van der Waals surface area contributed by atoms with Gasteiger partial charge in [-0.2, -0.15) is 0 Å². The minimum absolute atomic E-state index is 0.00184. The second-order valence-electron chi connectivity index (χ2n) is 11.3. The van der Waals surface area contributed by atoms with Gasteiger partial charge in [-0.25, -0.2) is 9.59 Å². The Labute approximate surface area is 256 Å². The molecular weight excluding hydrogens is 560 g/mol. The lowest BCUT2D eigenvalue weighted by molar-refractivity contribution is -0.384. The van der Waals surface area contributed by atoms with Crippen LogP contribution in [-0.2, 0) is 19.1 Å². The largest absolute Gasteiger partial charge is 0.459 e. The fourth-order valence-electron chi connectivity index (χ4n) is 5.96. The fourth-order valence-corrected chi connectivity index (χ4v) is 5.96. The zero-order chi connectivity index (χ0) is 31.4. The quantitative estimate of drug-likeness (QED) is 0.197. The Morgan fingerprint density at radius 2 is 1.59 bits per heavy atom. The van der Waals surface area contributed by atoms with Crippen LogP contribution < -0.4 is 11.1 Å². The average Bonchev–Trinajstić information content (AvgIpc) is 3.45. The minimum atomic E-state index is -1.03. The molecule has 0 aromatic heterocycles. The van der Waals surface area contributed by atoms with Crippen molar-refractivity contribution in [2.45, 2.75) is 51.4 Å². The number of likely N-dealkylation sites (tertiary alicyclic amines) is 1. The van der Waals surface area contributed by atoms with Crippen LogP contribution in [-0.4, -0.2) is 47.1 Å². The highest BCUT2D eigenvalue weighted by molar-refractivity contribution is 6.00. The van der Waals surface area contributed by atoms with Gasteiger partial charge in [0, 0.05) is 30.9 Å². The molecule has 2 aliphatic heterocycles. The van der Waals surface area contributed by atoms with Crippen LogP contribution in [0.4, 0.5) is 5.69 Å². The van der Waals surface area contributed by atoms with Crippen LogP contribution in [0.15, 0.2) is 108 Å². The number of hydrogen-bond donors (Lipinski definition) is 2. The standard InChI is InChI=1S/C34H36N4O6/c1-21(2)43-34(40)30-29(25-15-10-16-26(19-25)38(41)42)28(22(3)36-32(30)35)33(39)44-27-17-18-37(20-27)31(23-11-6-4-7-12-23)24-13-8-5-9-14-24/h4-16,19,21,27,29,31,36H,17-18,20,35H2,1-3H3. The van der Waals surface area contributed by atoms with Gasteiger partial charge in [-0.3, -0.25) is 15.0 Å². The maximum atomic E-state index is 14.0. The van der Waals surface area contributed by atoms with Gasteiger partial charge in [0.05, 0.1) is 34.1 Å². The number of nitro benzene ring substituents is 1. The Bertz CT molecular complexity index is 1560. The lowest BCUT2D eigenvalue weighted by Crippen LogP contribution is -2.37. The third kappa shape index (κ3) is 6.50. The number of hydrogen-bond acceptors (Lipinski definition) is 9. The van der Waals surface area contributed by atoms with Crippen molar-refractivity contribution in [3.63, 3.8) is 0 Å².